The number of nitrogens with one attached hydrogen (secondary N) is 1. The fraction of sp³-hybridized carbons (Fsp3) is 0.333. The van der Waals surface area contributed by atoms with Crippen LogP contribution in [-0.4, -0.2) is 24.1 Å². The second kappa shape index (κ2) is 6.06. The minimum atomic E-state index is -0.328. The van der Waals surface area contributed by atoms with E-state index in [1.54, 1.807) is 6.20 Å². The Balaban J connectivity index is 2.13. The van der Waals surface area contributed by atoms with Gasteiger partial charge in [-0.2, -0.15) is 0 Å². The maximum atomic E-state index is 10.6. The molecule has 1 rings (SSSR count). The van der Waals surface area contributed by atoms with Crippen molar-refractivity contribution in [2.45, 2.75) is 6.42 Å². The molecule has 0 fully saturated rings. The summed E-state index contributed by atoms with van der Waals surface area (Å²) in [6, 6.07) is 5.67. The Morgan fingerprint density at radius 3 is 3.07 bits per heavy atom. The van der Waals surface area contributed by atoms with Gasteiger partial charge in [0, 0.05) is 18.3 Å². The largest absolute Gasteiger partial charge is 0.371 e. The molecule has 0 atom stereocenters. The van der Waals surface area contributed by atoms with Gasteiger partial charge in [-0.1, -0.05) is 6.07 Å². The zero-order valence-corrected chi connectivity index (χ0v) is 7.77. The molecule has 3 N–H and O–H groups in total. The molecule has 0 bridgehead atoms. The molecule has 0 aliphatic rings. The molecule has 14 heavy (non-hydrogen) atoms. The van der Waals surface area contributed by atoms with Gasteiger partial charge in [0.2, 0.25) is 0 Å². The number of nitrogens with two attached hydrogens (primary N) is 1. The van der Waals surface area contributed by atoms with Crippen LogP contribution in [0, 0.1) is 0 Å². The predicted octanol–water partition coefficient (Wildman–Crippen LogP) is -0.369. The average molecular weight is 195 g/mol. The molecule has 0 saturated carbocycles. The highest BCUT2D eigenvalue weighted by molar-refractivity contribution is 5.76. The number of hydrogen-bond acceptors (Lipinski definition) is 4. The Kier molecular flexibility index (Phi) is 4.60. The van der Waals surface area contributed by atoms with Crippen LogP contribution in [0.1, 0.15) is 5.69 Å². The third-order valence-electron chi connectivity index (χ3n) is 1.62. The van der Waals surface area contributed by atoms with E-state index in [9.17, 15) is 4.79 Å². The summed E-state index contributed by atoms with van der Waals surface area (Å²) in [6.45, 7) is 0.452. The first-order valence-electron chi connectivity index (χ1n) is 4.30. The fourth-order valence-electron chi connectivity index (χ4n) is 0.929. The van der Waals surface area contributed by atoms with Crippen molar-refractivity contribution in [1.82, 2.24) is 10.4 Å². The van der Waals surface area contributed by atoms with Crippen LogP contribution in [0.5, 0.6) is 0 Å². The molecule has 0 radical (unpaired) electrons. The van der Waals surface area contributed by atoms with Crippen molar-refractivity contribution in [2.75, 3.05) is 13.2 Å². The van der Waals surface area contributed by atoms with E-state index in [1.807, 2.05) is 23.6 Å². The van der Waals surface area contributed by atoms with Gasteiger partial charge in [-0.25, -0.2) is 5.84 Å². The van der Waals surface area contributed by atoms with Crippen molar-refractivity contribution < 1.29 is 9.53 Å². The topological polar surface area (TPSA) is 77.2 Å². The molecule has 1 aromatic heterocycles. The quantitative estimate of drug-likeness (QED) is 0.291. The van der Waals surface area contributed by atoms with E-state index in [0.29, 0.717) is 13.0 Å². The summed E-state index contributed by atoms with van der Waals surface area (Å²) in [4.78, 5) is 14.8. The van der Waals surface area contributed by atoms with Gasteiger partial charge in [-0.3, -0.25) is 15.2 Å². The van der Waals surface area contributed by atoms with Crippen molar-refractivity contribution in [2.24, 2.45) is 5.84 Å². The van der Waals surface area contributed by atoms with Crippen LogP contribution in [0.2, 0.25) is 0 Å². The molecule has 0 saturated heterocycles. The molecular formula is C9H13N3O2. The number of amides is 1. The highest BCUT2D eigenvalue weighted by Gasteiger charge is 1.98. The normalized spacial score (nSPS) is 9.79. The zero-order valence-electron chi connectivity index (χ0n) is 7.77. The number of aromatic nitrogens is 1. The van der Waals surface area contributed by atoms with Gasteiger partial charge in [0.15, 0.2) is 0 Å². The Bertz CT molecular complexity index is 277. The van der Waals surface area contributed by atoms with Gasteiger partial charge >= 0.3 is 0 Å². The minimum absolute atomic E-state index is 0.0106. The summed E-state index contributed by atoms with van der Waals surface area (Å²) < 4.78 is 5.06. The molecule has 0 spiro atoms. The van der Waals surface area contributed by atoms with Crippen LogP contribution in [0.25, 0.3) is 0 Å². The number of ether oxygens (including phenoxy) is 1. The second-order valence-corrected chi connectivity index (χ2v) is 2.69. The van der Waals surface area contributed by atoms with E-state index in [-0.39, 0.29) is 12.5 Å². The van der Waals surface area contributed by atoms with Crippen LogP contribution in [-0.2, 0) is 16.0 Å². The van der Waals surface area contributed by atoms with Crippen LogP contribution in [0.3, 0.4) is 0 Å². The summed E-state index contributed by atoms with van der Waals surface area (Å²) in [5.41, 5.74) is 2.93. The summed E-state index contributed by atoms with van der Waals surface area (Å²) in [6.07, 6.45) is 2.42. The van der Waals surface area contributed by atoms with Crippen molar-refractivity contribution in [3.63, 3.8) is 0 Å². The maximum absolute atomic E-state index is 10.6. The Hall–Kier alpha value is -1.46. The summed E-state index contributed by atoms with van der Waals surface area (Å²) >= 11 is 0. The second-order valence-electron chi connectivity index (χ2n) is 2.69. The zero-order chi connectivity index (χ0) is 10.2. The third kappa shape index (κ3) is 3.97. The molecule has 0 aliphatic carbocycles. The highest BCUT2D eigenvalue weighted by atomic mass is 16.5. The van der Waals surface area contributed by atoms with Crippen molar-refractivity contribution in [3.05, 3.63) is 30.1 Å². The monoisotopic (exact) mass is 195 g/mol. The standard InChI is InChI=1S/C9H13N3O2/c10-12-9(13)7-14-6-4-8-3-1-2-5-11-8/h1-3,5H,4,6-7,10H2,(H,12,13). The molecule has 0 aromatic carbocycles. The predicted molar refractivity (Wildman–Crippen MR) is 51.1 cm³/mol. The van der Waals surface area contributed by atoms with E-state index in [0.717, 1.165) is 5.69 Å². The van der Waals surface area contributed by atoms with Gasteiger partial charge in [0.1, 0.15) is 6.61 Å². The number of hydrogen-bond donors (Lipinski definition) is 2. The molecule has 0 aliphatic heterocycles. The van der Waals surface area contributed by atoms with E-state index < -0.39 is 0 Å². The van der Waals surface area contributed by atoms with E-state index in [1.165, 1.54) is 0 Å². The van der Waals surface area contributed by atoms with E-state index in [4.69, 9.17) is 10.6 Å². The fourth-order valence-corrected chi connectivity index (χ4v) is 0.929. The van der Waals surface area contributed by atoms with Crippen molar-refractivity contribution in [1.29, 1.82) is 0 Å². The molecule has 1 aromatic rings. The van der Waals surface area contributed by atoms with Gasteiger partial charge in [-0.05, 0) is 12.1 Å². The molecular weight excluding hydrogens is 182 g/mol. The highest BCUT2D eigenvalue weighted by Crippen LogP contribution is 1.94. The first kappa shape index (κ1) is 10.6. The van der Waals surface area contributed by atoms with Gasteiger partial charge in [0.05, 0.1) is 6.61 Å². The Morgan fingerprint density at radius 2 is 2.43 bits per heavy atom. The SMILES string of the molecule is NNC(=O)COCCc1ccccn1. The lowest BCUT2D eigenvalue weighted by Crippen LogP contribution is -2.33. The number of hydrazine groups is 1. The Labute approximate surface area is 82.2 Å². The molecule has 1 heterocycles. The summed E-state index contributed by atoms with van der Waals surface area (Å²) in [7, 11) is 0. The van der Waals surface area contributed by atoms with Crippen LogP contribution in [0.15, 0.2) is 24.4 Å². The molecule has 1 amide bonds. The minimum Gasteiger partial charge on any atom is -0.371 e. The lowest BCUT2D eigenvalue weighted by molar-refractivity contribution is -0.125. The molecule has 5 heteroatoms. The van der Waals surface area contributed by atoms with Crippen LogP contribution >= 0.6 is 0 Å². The summed E-state index contributed by atoms with van der Waals surface area (Å²) in [5.74, 6) is 4.55. The van der Waals surface area contributed by atoms with Gasteiger partial charge in [0.25, 0.3) is 5.91 Å². The van der Waals surface area contributed by atoms with Crippen molar-refractivity contribution >= 4 is 5.91 Å². The lowest BCUT2D eigenvalue weighted by Gasteiger charge is -2.02. The molecule has 0 unspecified atom stereocenters. The van der Waals surface area contributed by atoms with Gasteiger partial charge in [-0.15, -0.1) is 0 Å². The molecule has 5 nitrogen and oxygen atoms in total. The number of rotatable bonds is 5. The van der Waals surface area contributed by atoms with Crippen molar-refractivity contribution in [3.8, 4) is 0 Å². The van der Waals surface area contributed by atoms with E-state index in [2.05, 4.69) is 4.98 Å². The number of nitrogens with zero attached hydrogens (tertiary/aromatic N) is 1. The van der Waals surface area contributed by atoms with Gasteiger partial charge < -0.3 is 4.74 Å². The number of pyridine rings is 1. The maximum Gasteiger partial charge on any atom is 0.259 e. The van der Waals surface area contributed by atoms with Crippen LogP contribution < -0.4 is 11.3 Å². The smallest absolute Gasteiger partial charge is 0.259 e. The lowest BCUT2D eigenvalue weighted by atomic mass is 10.3. The number of carbonyl (C=O) groups excluding carboxylic acids is 1. The summed E-state index contributed by atoms with van der Waals surface area (Å²) in [5, 5.41) is 0. The first-order valence-corrected chi connectivity index (χ1v) is 4.30. The number of carbonyl (C=O) groups is 1. The first-order chi connectivity index (χ1) is 6.83. The third-order valence-corrected chi connectivity index (χ3v) is 1.62. The van der Waals surface area contributed by atoms with Crippen LogP contribution in [0.4, 0.5) is 0 Å². The van der Waals surface area contributed by atoms with E-state index >= 15 is 0 Å². The Morgan fingerprint density at radius 1 is 1.57 bits per heavy atom. The average Bonchev–Trinajstić information content (AvgIpc) is 2.25. The molecule has 76 valence electrons.